The van der Waals surface area contributed by atoms with Gasteiger partial charge in [-0.3, -0.25) is 4.79 Å². The van der Waals surface area contributed by atoms with Gasteiger partial charge in [0.25, 0.3) is 5.91 Å². The molecule has 0 atom stereocenters. The number of nitrogens with one attached hydrogen (secondary N) is 1. The smallest absolute Gasteiger partial charge is 0.256 e. The number of ether oxygens (including phenoxy) is 1. The summed E-state index contributed by atoms with van der Waals surface area (Å²) in [5.74, 6) is 0.863. The molecule has 0 spiro atoms. The summed E-state index contributed by atoms with van der Waals surface area (Å²) in [5, 5.41) is 7.00. The van der Waals surface area contributed by atoms with E-state index in [0.717, 1.165) is 0 Å². The van der Waals surface area contributed by atoms with E-state index in [-0.39, 0.29) is 5.91 Å². The Bertz CT molecular complexity index is 881. The Kier molecular flexibility index (Phi) is 5.19. The molecule has 0 fully saturated rings. The quantitative estimate of drug-likeness (QED) is 0.534. The van der Waals surface area contributed by atoms with Gasteiger partial charge in [0, 0.05) is 11.8 Å². The molecule has 0 radical (unpaired) electrons. The van der Waals surface area contributed by atoms with Crippen LogP contribution in [0.15, 0.2) is 78.2 Å². The van der Waals surface area contributed by atoms with Crippen LogP contribution in [-0.4, -0.2) is 18.0 Å². The first-order valence-electron chi connectivity index (χ1n) is 7.81. The lowest BCUT2D eigenvalue weighted by atomic mass is 10.2. The van der Waals surface area contributed by atoms with Crippen LogP contribution in [0, 0.1) is 4.91 Å². The number of anilines is 3. The number of hydrogen-bond donors (Lipinski definition) is 1. The van der Waals surface area contributed by atoms with Gasteiger partial charge in [-0.2, -0.15) is 5.01 Å². The maximum Gasteiger partial charge on any atom is 0.256 e. The summed E-state index contributed by atoms with van der Waals surface area (Å²) < 4.78 is 5.10. The van der Waals surface area contributed by atoms with Crippen LogP contribution in [0.3, 0.4) is 0 Å². The third kappa shape index (κ3) is 3.84. The van der Waals surface area contributed by atoms with E-state index in [1.165, 1.54) is 5.01 Å². The van der Waals surface area contributed by atoms with E-state index in [9.17, 15) is 9.70 Å². The molecule has 0 saturated heterocycles. The van der Waals surface area contributed by atoms with E-state index in [2.05, 4.69) is 15.6 Å². The Morgan fingerprint density at radius 1 is 1.00 bits per heavy atom. The average Bonchev–Trinajstić information content (AvgIpc) is 2.70. The maximum atomic E-state index is 12.2. The Morgan fingerprint density at radius 3 is 2.19 bits per heavy atom. The van der Waals surface area contributed by atoms with Crippen molar-refractivity contribution in [2.45, 2.75) is 0 Å². The van der Waals surface area contributed by atoms with Crippen molar-refractivity contribution >= 4 is 23.1 Å². The zero-order valence-electron chi connectivity index (χ0n) is 14.0. The first-order chi connectivity index (χ1) is 12.7. The molecule has 1 N–H and O–H groups in total. The topological polar surface area (TPSA) is 83.9 Å². The number of amides is 1. The van der Waals surface area contributed by atoms with E-state index in [1.54, 1.807) is 80.0 Å². The fourth-order valence-corrected chi connectivity index (χ4v) is 2.35. The van der Waals surface area contributed by atoms with Gasteiger partial charge in [-0.15, -0.1) is 4.91 Å². The summed E-state index contributed by atoms with van der Waals surface area (Å²) in [6.45, 7) is 0. The number of methoxy groups -OCH3 is 1. The van der Waals surface area contributed by atoms with E-state index in [0.29, 0.717) is 28.5 Å². The van der Waals surface area contributed by atoms with Gasteiger partial charge in [-0.1, -0.05) is 6.07 Å². The van der Waals surface area contributed by atoms with E-state index in [1.807, 2.05) is 0 Å². The van der Waals surface area contributed by atoms with Crippen LogP contribution < -0.4 is 15.1 Å². The highest BCUT2D eigenvalue weighted by Gasteiger charge is 2.12. The summed E-state index contributed by atoms with van der Waals surface area (Å²) >= 11 is 0. The minimum absolute atomic E-state index is 0.287. The normalized spacial score (nSPS) is 10.0. The molecular weight excluding hydrogens is 332 g/mol. The SMILES string of the molecule is COc1ccc(N(N=O)c2ccc(C(=O)Nc3ccccn3)cc2)cc1. The van der Waals surface area contributed by atoms with Gasteiger partial charge >= 0.3 is 0 Å². The molecule has 3 rings (SSSR count). The Hall–Kier alpha value is -3.74. The summed E-state index contributed by atoms with van der Waals surface area (Å²) in [5.41, 5.74) is 1.58. The molecule has 1 amide bonds. The third-order valence-corrected chi connectivity index (χ3v) is 3.68. The number of carbonyl (C=O) groups is 1. The molecule has 0 bridgehead atoms. The molecule has 26 heavy (non-hydrogen) atoms. The number of nitroso groups, excluding NO2 is 1. The minimum atomic E-state index is -0.287. The predicted octanol–water partition coefficient (Wildman–Crippen LogP) is 4.16. The Labute approximate surface area is 150 Å². The molecule has 1 heterocycles. The van der Waals surface area contributed by atoms with Gasteiger partial charge in [-0.05, 0) is 60.7 Å². The van der Waals surface area contributed by atoms with Gasteiger partial charge in [0.1, 0.15) is 11.6 Å². The molecule has 130 valence electrons. The summed E-state index contributed by atoms with van der Waals surface area (Å²) in [6, 6.07) is 18.7. The predicted molar refractivity (Wildman–Crippen MR) is 99.6 cm³/mol. The van der Waals surface area contributed by atoms with E-state index < -0.39 is 0 Å². The number of aromatic nitrogens is 1. The highest BCUT2D eigenvalue weighted by molar-refractivity contribution is 6.03. The van der Waals surface area contributed by atoms with Crippen molar-refractivity contribution in [1.82, 2.24) is 4.98 Å². The molecule has 0 aliphatic carbocycles. The summed E-state index contributed by atoms with van der Waals surface area (Å²) in [4.78, 5) is 27.6. The number of carbonyl (C=O) groups excluding carboxylic acids is 1. The number of pyridine rings is 1. The highest BCUT2D eigenvalue weighted by Crippen LogP contribution is 2.27. The molecule has 0 aliphatic rings. The van der Waals surface area contributed by atoms with Crippen LogP contribution in [0.25, 0.3) is 0 Å². The van der Waals surface area contributed by atoms with Crippen LogP contribution in [0.4, 0.5) is 17.2 Å². The van der Waals surface area contributed by atoms with Crippen molar-refractivity contribution in [2.24, 2.45) is 5.29 Å². The molecule has 3 aromatic rings. The molecular formula is C19H16N4O3. The zero-order valence-corrected chi connectivity index (χ0v) is 14.0. The van der Waals surface area contributed by atoms with Crippen LogP contribution in [0.2, 0.25) is 0 Å². The fraction of sp³-hybridized carbons (Fsp3) is 0.0526. The average molecular weight is 348 g/mol. The van der Waals surface area contributed by atoms with Crippen molar-refractivity contribution < 1.29 is 9.53 Å². The molecule has 0 unspecified atom stereocenters. The molecule has 0 aliphatic heterocycles. The molecule has 2 aromatic carbocycles. The van der Waals surface area contributed by atoms with Crippen molar-refractivity contribution in [3.8, 4) is 5.75 Å². The van der Waals surface area contributed by atoms with Gasteiger partial charge < -0.3 is 10.1 Å². The molecule has 1 aromatic heterocycles. The first kappa shape index (κ1) is 17.1. The van der Waals surface area contributed by atoms with Gasteiger partial charge in [0.05, 0.1) is 23.8 Å². The second-order valence-electron chi connectivity index (χ2n) is 5.31. The van der Waals surface area contributed by atoms with Gasteiger partial charge in [0.2, 0.25) is 0 Å². The summed E-state index contributed by atoms with van der Waals surface area (Å²) in [6.07, 6.45) is 1.60. The molecule has 0 saturated carbocycles. The van der Waals surface area contributed by atoms with Crippen molar-refractivity contribution in [3.05, 3.63) is 83.4 Å². The van der Waals surface area contributed by atoms with E-state index in [4.69, 9.17) is 4.74 Å². The standard InChI is InChI=1S/C19H16N4O3/c1-26-17-11-9-16(10-12-17)23(22-25)15-7-5-14(6-8-15)19(24)21-18-4-2-3-13-20-18/h2-13H,1H3,(H,20,21,24). The lowest BCUT2D eigenvalue weighted by molar-refractivity contribution is 0.102. The van der Waals surface area contributed by atoms with E-state index >= 15 is 0 Å². The minimum Gasteiger partial charge on any atom is -0.497 e. The first-order valence-corrected chi connectivity index (χ1v) is 7.81. The Balaban J connectivity index is 1.76. The largest absolute Gasteiger partial charge is 0.497 e. The second kappa shape index (κ2) is 7.89. The monoisotopic (exact) mass is 348 g/mol. The van der Waals surface area contributed by atoms with Crippen LogP contribution in [0.5, 0.6) is 5.75 Å². The van der Waals surface area contributed by atoms with Gasteiger partial charge in [0.15, 0.2) is 0 Å². The number of benzene rings is 2. The lowest BCUT2D eigenvalue weighted by Gasteiger charge is -2.16. The zero-order chi connectivity index (χ0) is 18.4. The van der Waals surface area contributed by atoms with Crippen LogP contribution in [0.1, 0.15) is 10.4 Å². The lowest BCUT2D eigenvalue weighted by Crippen LogP contribution is -2.13. The number of nitrogens with zero attached hydrogens (tertiary/aromatic N) is 3. The highest BCUT2D eigenvalue weighted by atomic mass is 16.5. The van der Waals surface area contributed by atoms with Crippen molar-refractivity contribution in [1.29, 1.82) is 0 Å². The summed E-state index contributed by atoms with van der Waals surface area (Å²) in [7, 11) is 1.57. The van der Waals surface area contributed by atoms with Crippen LogP contribution >= 0.6 is 0 Å². The fourth-order valence-electron chi connectivity index (χ4n) is 2.35. The van der Waals surface area contributed by atoms with Crippen molar-refractivity contribution in [3.63, 3.8) is 0 Å². The Morgan fingerprint density at radius 2 is 1.65 bits per heavy atom. The molecule has 7 nitrogen and oxygen atoms in total. The molecule has 7 heteroatoms. The van der Waals surface area contributed by atoms with Crippen LogP contribution in [-0.2, 0) is 0 Å². The van der Waals surface area contributed by atoms with Crippen molar-refractivity contribution in [2.75, 3.05) is 17.4 Å². The number of hydrogen-bond acceptors (Lipinski definition) is 5. The van der Waals surface area contributed by atoms with Gasteiger partial charge in [-0.25, -0.2) is 4.98 Å². The second-order valence-corrected chi connectivity index (χ2v) is 5.31. The third-order valence-electron chi connectivity index (χ3n) is 3.68. The maximum absolute atomic E-state index is 12.2. The number of rotatable bonds is 6.